The second-order valence-corrected chi connectivity index (χ2v) is 12.9. The van der Waals surface area contributed by atoms with E-state index in [0.717, 1.165) is 12.5 Å². The number of amides is 1. The van der Waals surface area contributed by atoms with Gasteiger partial charge in [-0.15, -0.1) is 10.2 Å². The molecule has 2 aromatic heterocycles. The molecule has 10 nitrogen and oxygen atoms in total. The maximum atomic E-state index is 14.4. The lowest BCUT2D eigenvalue weighted by molar-refractivity contribution is -0.138. The Hall–Kier alpha value is -4.87. The Kier molecular flexibility index (Phi) is 7.92. The zero-order valence-corrected chi connectivity index (χ0v) is 26.1. The van der Waals surface area contributed by atoms with Crippen LogP contribution in [0.25, 0.3) is 22.5 Å². The van der Waals surface area contributed by atoms with Crippen molar-refractivity contribution in [1.82, 2.24) is 24.6 Å². The van der Waals surface area contributed by atoms with E-state index in [1.54, 1.807) is 53.2 Å². The summed E-state index contributed by atoms with van der Waals surface area (Å²) in [5, 5.41) is 30.5. The number of carbonyl (C=O) groups is 1. The summed E-state index contributed by atoms with van der Waals surface area (Å²) in [4.78, 5) is 21.5. The molecule has 248 valence electrons. The maximum Gasteiger partial charge on any atom is 0.416 e. The minimum atomic E-state index is -4.74. The molecule has 1 amide bonds. The van der Waals surface area contributed by atoms with Gasteiger partial charge in [0.15, 0.2) is 11.5 Å². The summed E-state index contributed by atoms with van der Waals surface area (Å²) in [7, 11) is 1.79. The van der Waals surface area contributed by atoms with Gasteiger partial charge in [-0.05, 0) is 77.1 Å². The summed E-state index contributed by atoms with van der Waals surface area (Å²) in [5.74, 6) is 1.13. The molecule has 0 bridgehead atoms. The van der Waals surface area contributed by atoms with Crippen molar-refractivity contribution < 1.29 is 27.5 Å². The number of anilines is 2. The molecule has 2 N–H and O–H groups in total. The predicted octanol–water partition coefficient (Wildman–Crippen LogP) is 5.32. The van der Waals surface area contributed by atoms with Crippen LogP contribution in [0.1, 0.15) is 51.9 Å². The van der Waals surface area contributed by atoms with Crippen LogP contribution in [-0.4, -0.2) is 67.6 Å². The average Bonchev–Trinajstić information content (AvgIpc) is 3.68. The standard InChI is InChI=1S/C34H32F4N8O2/c1-44-19-41-43-31(44)24-5-4-21(13-39)8-25(24)23-11-29(40-7-6-20-2-3-20)42-30(12-23)46-15-27-26(32(46)48)9-22(10-28(27)34(36,37)38)14-45-16-33(35,17-45)18-47/h4-5,8-12,19-20,47H,2-3,6-7,14-18H2,1H3,(H,40,42). The van der Waals surface area contributed by atoms with Gasteiger partial charge in [0.05, 0.1) is 30.3 Å². The highest BCUT2D eigenvalue weighted by Crippen LogP contribution is 2.42. The number of aliphatic hydroxyl groups excluding tert-OH is 1. The van der Waals surface area contributed by atoms with Crippen LogP contribution in [0.15, 0.2) is 48.8 Å². The highest BCUT2D eigenvalue weighted by atomic mass is 19.4. The molecule has 2 aliphatic heterocycles. The molecule has 0 unspecified atom stereocenters. The number of rotatable bonds is 10. The van der Waals surface area contributed by atoms with Crippen LogP contribution in [0.4, 0.5) is 29.2 Å². The third-order valence-electron chi connectivity index (χ3n) is 9.17. The predicted molar refractivity (Wildman–Crippen MR) is 168 cm³/mol. The lowest BCUT2D eigenvalue weighted by Crippen LogP contribution is -2.60. The first kappa shape index (κ1) is 31.7. The van der Waals surface area contributed by atoms with E-state index in [2.05, 4.69) is 21.6 Å². The molecule has 0 atom stereocenters. The second-order valence-electron chi connectivity index (χ2n) is 12.9. The number of hydrogen-bond acceptors (Lipinski definition) is 8. The molecule has 4 heterocycles. The number of aryl methyl sites for hydroxylation is 1. The first-order valence-corrected chi connectivity index (χ1v) is 15.7. The fourth-order valence-corrected chi connectivity index (χ4v) is 6.51. The van der Waals surface area contributed by atoms with Crippen molar-refractivity contribution in [3.8, 4) is 28.6 Å². The van der Waals surface area contributed by atoms with E-state index < -0.39 is 29.9 Å². The highest BCUT2D eigenvalue weighted by Gasteiger charge is 2.44. The van der Waals surface area contributed by atoms with Crippen molar-refractivity contribution in [2.45, 2.75) is 44.2 Å². The Balaban J connectivity index is 1.28. The van der Waals surface area contributed by atoms with Gasteiger partial charge in [-0.3, -0.25) is 14.6 Å². The number of aromatic nitrogens is 4. The Bertz CT molecular complexity index is 1940. The molecular weight excluding hydrogens is 628 g/mol. The Morgan fingerprint density at radius 2 is 1.90 bits per heavy atom. The fraction of sp³-hybridized carbons (Fsp3) is 0.382. The topological polar surface area (TPSA) is 123 Å². The third kappa shape index (κ3) is 6.11. The SMILES string of the molecule is Cn1cnnc1-c1ccc(C#N)cc1-c1cc(NCCC2CC2)nc(N2Cc3c(cc(CN4CC(F)(CO)C4)cc3C(F)(F)F)C2=O)c1. The Labute approximate surface area is 273 Å². The number of nitrogens with one attached hydrogen (secondary N) is 1. The third-order valence-corrected chi connectivity index (χ3v) is 9.17. The zero-order chi connectivity index (χ0) is 33.8. The van der Waals surface area contributed by atoms with Gasteiger partial charge >= 0.3 is 6.18 Å². The van der Waals surface area contributed by atoms with Crippen LogP contribution in [0.2, 0.25) is 0 Å². The molecule has 2 aromatic carbocycles. The number of fused-ring (bicyclic) bond motifs is 1. The van der Waals surface area contributed by atoms with Crippen LogP contribution in [0.3, 0.4) is 0 Å². The number of benzene rings is 2. The number of hydrogen-bond donors (Lipinski definition) is 2. The number of nitrogens with zero attached hydrogens (tertiary/aromatic N) is 7. The second kappa shape index (κ2) is 12.0. The van der Waals surface area contributed by atoms with E-state index in [1.807, 2.05) is 0 Å². The zero-order valence-electron chi connectivity index (χ0n) is 26.1. The van der Waals surface area contributed by atoms with Gasteiger partial charge in [0.2, 0.25) is 0 Å². The number of pyridine rings is 1. The van der Waals surface area contributed by atoms with E-state index in [1.165, 1.54) is 23.8 Å². The minimum Gasteiger partial charge on any atom is -0.393 e. The van der Waals surface area contributed by atoms with Crippen LogP contribution in [0, 0.1) is 17.2 Å². The molecule has 7 rings (SSSR count). The molecule has 2 fully saturated rings. The number of nitriles is 1. The molecule has 0 radical (unpaired) electrons. The normalized spacial score (nSPS) is 17.3. The average molecular weight is 661 g/mol. The summed E-state index contributed by atoms with van der Waals surface area (Å²) < 4.78 is 59.3. The van der Waals surface area contributed by atoms with E-state index in [0.29, 0.717) is 46.4 Å². The lowest BCUT2D eigenvalue weighted by atomic mass is 9.94. The van der Waals surface area contributed by atoms with Crippen LogP contribution in [0.5, 0.6) is 0 Å². The molecule has 48 heavy (non-hydrogen) atoms. The monoisotopic (exact) mass is 660 g/mol. The number of likely N-dealkylation sites (tertiary alicyclic amines) is 1. The van der Waals surface area contributed by atoms with E-state index >= 15 is 0 Å². The minimum absolute atomic E-state index is 0.00182. The summed E-state index contributed by atoms with van der Waals surface area (Å²) in [6, 6.07) is 13.2. The maximum absolute atomic E-state index is 14.4. The first-order chi connectivity index (χ1) is 22.9. The largest absolute Gasteiger partial charge is 0.416 e. The Morgan fingerprint density at radius 1 is 1.10 bits per heavy atom. The smallest absolute Gasteiger partial charge is 0.393 e. The van der Waals surface area contributed by atoms with Crippen molar-refractivity contribution in [2.24, 2.45) is 13.0 Å². The summed E-state index contributed by atoms with van der Waals surface area (Å²) in [5.41, 5.74) is -0.477. The molecular formula is C34H32F4N8O2. The van der Waals surface area contributed by atoms with Gasteiger partial charge in [-0.2, -0.15) is 18.4 Å². The molecule has 1 saturated carbocycles. The quantitative estimate of drug-likeness (QED) is 0.219. The van der Waals surface area contributed by atoms with Gasteiger partial charge < -0.3 is 15.0 Å². The number of halogens is 4. The van der Waals surface area contributed by atoms with Crippen molar-refractivity contribution in [1.29, 1.82) is 5.26 Å². The van der Waals surface area contributed by atoms with Crippen LogP contribution in [-0.2, 0) is 26.3 Å². The molecule has 4 aromatic rings. The molecule has 1 saturated heterocycles. The van der Waals surface area contributed by atoms with Crippen LogP contribution < -0.4 is 10.2 Å². The number of aliphatic hydroxyl groups is 1. The van der Waals surface area contributed by atoms with E-state index in [-0.39, 0.29) is 48.7 Å². The molecule has 1 aliphatic carbocycles. The Morgan fingerprint density at radius 3 is 2.56 bits per heavy atom. The number of carbonyl (C=O) groups excluding carboxylic acids is 1. The highest BCUT2D eigenvalue weighted by molar-refractivity contribution is 6.10. The van der Waals surface area contributed by atoms with Crippen molar-refractivity contribution in [2.75, 3.05) is 36.5 Å². The molecule has 0 spiro atoms. The number of alkyl halides is 4. The van der Waals surface area contributed by atoms with Crippen molar-refractivity contribution >= 4 is 17.5 Å². The van der Waals surface area contributed by atoms with Gasteiger partial charge in [0.25, 0.3) is 5.91 Å². The first-order valence-electron chi connectivity index (χ1n) is 15.7. The van der Waals surface area contributed by atoms with Crippen molar-refractivity contribution in [3.63, 3.8) is 0 Å². The van der Waals surface area contributed by atoms with Gasteiger partial charge in [0.1, 0.15) is 18.0 Å². The lowest BCUT2D eigenvalue weighted by Gasteiger charge is -2.43. The van der Waals surface area contributed by atoms with Gasteiger partial charge in [-0.25, -0.2) is 9.37 Å². The molecule has 3 aliphatic rings. The fourth-order valence-electron chi connectivity index (χ4n) is 6.51. The van der Waals surface area contributed by atoms with E-state index in [9.17, 15) is 32.7 Å². The molecule has 14 heteroatoms. The summed E-state index contributed by atoms with van der Waals surface area (Å²) in [6.07, 6.45) is 0.0732. The summed E-state index contributed by atoms with van der Waals surface area (Å²) in [6.45, 7) is -0.621. The van der Waals surface area contributed by atoms with Crippen molar-refractivity contribution in [3.05, 3.63) is 76.6 Å². The van der Waals surface area contributed by atoms with Gasteiger partial charge in [-0.1, -0.05) is 12.8 Å². The van der Waals surface area contributed by atoms with Crippen LogP contribution >= 0.6 is 0 Å². The summed E-state index contributed by atoms with van der Waals surface area (Å²) >= 11 is 0. The van der Waals surface area contributed by atoms with E-state index in [4.69, 9.17) is 4.98 Å². The van der Waals surface area contributed by atoms with Gasteiger partial charge in [0, 0.05) is 44.4 Å².